The topological polar surface area (TPSA) is 79.8 Å². The number of phenols is 1. The molecule has 0 bridgehead atoms. The fourth-order valence-electron chi connectivity index (χ4n) is 2.52. The molecule has 25 heavy (non-hydrogen) atoms. The van der Waals surface area contributed by atoms with E-state index < -0.39 is 5.91 Å². The summed E-state index contributed by atoms with van der Waals surface area (Å²) >= 11 is 0. The van der Waals surface area contributed by atoms with Gasteiger partial charge in [0.2, 0.25) is 0 Å². The number of aryl methyl sites for hydroxylation is 2. The van der Waals surface area contributed by atoms with E-state index in [1.165, 1.54) is 10.7 Å². The Morgan fingerprint density at radius 2 is 1.68 bits per heavy atom. The molecule has 2 aromatic carbocycles. The van der Waals surface area contributed by atoms with Gasteiger partial charge in [0.25, 0.3) is 5.91 Å². The highest BCUT2D eigenvalue weighted by Crippen LogP contribution is 2.28. The maximum absolute atomic E-state index is 12.7. The third-order valence-corrected chi connectivity index (χ3v) is 3.95. The average molecular weight is 334 g/mol. The van der Waals surface area contributed by atoms with E-state index >= 15 is 0 Å². The van der Waals surface area contributed by atoms with Crippen LogP contribution in [-0.4, -0.2) is 20.8 Å². The fourth-order valence-corrected chi connectivity index (χ4v) is 2.52. The second-order valence-electron chi connectivity index (χ2n) is 5.74. The molecule has 0 aliphatic carbocycles. The number of aromatic nitrogens is 2. The number of hydrogen-bond donors (Lipinski definition) is 1. The lowest BCUT2D eigenvalue weighted by atomic mass is 10.2. The smallest absolute Gasteiger partial charge is 0.282 e. The molecule has 0 saturated heterocycles. The van der Waals surface area contributed by atoms with Gasteiger partial charge < -0.3 is 5.11 Å². The monoisotopic (exact) mass is 334 g/mol. The molecule has 6 heteroatoms. The van der Waals surface area contributed by atoms with Gasteiger partial charge in [-0.3, -0.25) is 4.79 Å². The molecule has 3 rings (SSSR count). The van der Waals surface area contributed by atoms with Crippen molar-refractivity contribution < 1.29 is 9.90 Å². The highest BCUT2D eigenvalue weighted by Gasteiger charge is 2.20. The van der Waals surface area contributed by atoms with E-state index in [0.29, 0.717) is 17.1 Å². The van der Waals surface area contributed by atoms with Crippen LogP contribution >= 0.6 is 0 Å². The van der Waals surface area contributed by atoms with Gasteiger partial charge in [-0.25, -0.2) is 0 Å². The Kier molecular flexibility index (Phi) is 4.43. The quantitative estimate of drug-likeness (QED) is 0.710. The van der Waals surface area contributed by atoms with Gasteiger partial charge in [0, 0.05) is 0 Å². The van der Waals surface area contributed by atoms with E-state index in [4.69, 9.17) is 0 Å². The molecule has 0 amide bonds. The molecule has 0 saturated carbocycles. The predicted octanol–water partition coefficient (Wildman–Crippen LogP) is 4.62. The van der Waals surface area contributed by atoms with Gasteiger partial charge in [0.1, 0.15) is 11.4 Å². The number of benzene rings is 2. The van der Waals surface area contributed by atoms with E-state index in [-0.39, 0.29) is 11.3 Å². The summed E-state index contributed by atoms with van der Waals surface area (Å²) in [5.41, 5.74) is 3.68. The summed E-state index contributed by atoms with van der Waals surface area (Å²) < 4.78 is 1.25. The zero-order valence-electron chi connectivity index (χ0n) is 14.3. The van der Waals surface area contributed by atoms with Crippen LogP contribution in [-0.2, 0) is 0 Å². The molecule has 0 atom stereocenters. The standard InChI is InChI=1S/C19H18N4O2/c1-12-8-4-6-10-16(12)20-21-18-13(2)22-23(14(18)3)19(25)15-9-5-7-11-17(15)24/h4-11,24H,1-3H3. The van der Waals surface area contributed by atoms with Gasteiger partial charge in [0.05, 0.1) is 22.6 Å². The molecule has 0 unspecified atom stereocenters. The lowest BCUT2D eigenvalue weighted by molar-refractivity contribution is 0.0939. The third-order valence-electron chi connectivity index (χ3n) is 3.95. The summed E-state index contributed by atoms with van der Waals surface area (Å²) in [4.78, 5) is 12.7. The fraction of sp³-hybridized carbons (Fsp3) is 0.158. The Morgan fingerprint density at radius 3 is 2.40 bits per heavy atom. The van der Waals surface area contributed by atoms with E-state index in [0.717, 1.165) is 11.3 Å². The van der Waals surface area contributed by atoms with Crippen LogP contribution < -0.4 is 0 Å². The van der Waals surface area contributed by atoms with Crippen LogP contribution in [0.3, 0.4) is 0 Å². The minimum atomic E-state index is -0.406. The Hall–Kier alpha value is -3.28. The number of nitrogens with zero attached hydrogens (tertiary/aromatic N) is 4. The number of aromatic hydroxyl groups is 1. The van der Waals surface area contributed by atoms with Crippen molar-refractivity contribution >= 4 is 17.3 Å². The number of para-hydroxylation sites is 1. The molecule has 0 aliphatic rings. The number of phenolic OH excluding ortho intramolecular Hbond substituents is 1. The number of carbonyl (C=O) groups excluding carboxylic acids is 1. The molecule has 6 nitrogen and oxygen atoms in total. The van der Waals surface area contributed by atoms with Crippen LogP contribution in [0.4, 0.5) is 11.4 Å². The summed E-state index contributed by atoms with van der Waals surface area (Å²) in [6, 6.07) is 14.0. The highest BCUT2D eigenvalue weighted by atomic mass is 16.3. The largest absolute Gasteiger partial charge is 0.507 e. The molecule has 0 spiro atoms. The van der Waals surface area contributed by atoms with Crippen molar-refractivity contribution in [1.82, 2.24) is 9.78 Å². The highest BCUT2D eigenvalue weighted by molar-refractivity contribution is 5.98. The second-order valence-corrected chi connectivity index (χ2v) is 5.74. The summed E-state index contributed by atoms with van der Waals surface area (Å²) in [6.45, 7) is 5.48. The van der Waals surface area contributed by atoms with Crippen molar-refractivity contribution in [3.05, 3.63) is 71.0 Å². The predicted molar refractivity (Wildman–Crippen MR) is 94.9 cm³/mol. The molecule has 1 heterocycles. The van der Waals surface area contributed by atoms with E-state index in [2.05, 4.69) is 15.3 Å². The summed E-state index contributed by atoms with van der Waals surface area (Å²) in [5.74, 6) is -0.487. The van der Waals surface area contributed by atoms with Gasteiger partial charge >= 0.3 is 0 Å². The van der Waals surface area contributed by atoms with Gasteiger partial charge in [0.15, 0.2) is 0 Å². The average Bonchev–Trinajstić information content (AvgIpc) is 2.88. The van der Waals surface area contributed by atoms with Gasteiger partial charge in [-0.2, -0.15) is 14.9 Å². The molecule has 0 aliphatic heterocycles. The van der Waals surface area contributed by atoms with Crippen molar-refractivity contribution in [3.63, 3.8) is 0 Å². The van der Waals surface area contributed by atoms with Crippen LogP contribution in [0.5, 0.6) is 5.75 Å². The maximum atomic E-state index is 12.7. The zero-order valence-corrected chi connectivity index (χ0v) is 14.3. The molecule has 1 aromatic heterocycles. The van der Waals surface area contributed by atoms with Crippen molar-refractivity contribution in [1.29, 1.82) is 0 Å². The number of rotatable bonds is 3. The van der Waals surface area contributed by atoms with Crippen LogP contribution in [0.2, 0.25) is 0 Å². The van der Waals surface area contributed by atoms with Crippen molar-refractivity contribution in [2.45, 2.75) is 20.8 Å². The SMILES string of the molecule is Cc1ccccc1N=Nc1c(C)nn(C(=O)c2ccccc2O)c1C. The van der Waals surface area contributed by atoms with E-state index in [1.807, 2.05) is 31.2 Å². The number of hydrogen-bond acceptors (Lipinski definition) is 5. The molecule has 1 N–H and O–H groups in total. The summed E-state index contributed by atoms with van der Waals surface area (Å²) in [7, 11) is 0. The first-order chi connectivity index (χ1) is 12.0. The second kappa shape index (κ2) is 6.68. The molecule has 126 valence electrons. The third kappa shape index (κ3) is 3.19. The van der Waals surface area contributed by atoms with Gasteiger partial charge in [-0.1, -0.05) is 30.3 Å². The lowest BCUT2D eigenvalue weighted by Crippen LogP contribution is -2.15. The van der Waals surface area contributed by atoms with Crippen molar-refractivity contribution in [3.8, 4) is 5.75 Å². The van der Waals surface area contributed by atoms with Gasteiger partial charge in [-0.05, 0) is 44.5 Å². The molecule has 0 fully saturated rings. The Bertz CT molecular complexity index is 973. The first kappa shape index (κ1) is 16.6. The number of azo groups is 1. The molecular weight excluding hydrogens is 316 g/mol. The molecular formula is C19H18N4O2. The van der Waals surface area contributed by atoms with Crippen LogP contribution in [0.25, 0.3) is 0 Å². The van der Waals surface area contributed by atoms with Crippen LogP contribution in [0.1, 0.15) is 27.3 Å². The first-order valence-electron chi connectivity index (χ1n) is 7.85. The Labute approximate surface area is 145 Å². The Morgan fingerprint density at radius 1 is 1.00 bits per heavy atom. The first-order valence-corrected chi connectivity index (χ1v) is 7.85. The van der Waals surface area contributed by atoms with E-state index in [9.17, 15) is 9.90 Å². The summed E-state index contributed by atoms with van der Waals surface area (Å²) in [6.07, 6.45) is 0. The van der Waals surface area contributed by atoms with Crippen molar-refractivity contribution in [2.24, 2.45) is 10.2 Å². The van der Waals surface area contributed by atoms with Crippen LogP contribution in [0.15, 0.2) is 58.8 Å². The van der Waals surface area contributed by atoms with E-state index in [1.54, 1.807) is 32.0 Å². The lowest BCUT2D eigenvalue weighted by Gasteiger charge is -2.05. The normalized spacial score (nSPS) is 11.2. The minimum Gasteiger partial charge on any atom is -0.507 e. The Balaban J connectivity index is 1.98. The summed E-state index contributed by atoms with van der Waals surface area (Å²) in [5, 5.41) is 22.7. The maximum Gasteiger partial charge on any atom is 0.282 e. The zero-order chi connectivity index (χ0) is 18.0. The molecule has 3 aromatic rings. The van der Waals surface area contributed by atoms with Crippen molar-refractivity contribution in [2.75, 3.05) is 0 Å². The van der Waals surface area contributed by atoms with Gasteiger partial charge in [-0.15, -0.1) is 5.11 Å². The minimum absolute atomic E-state index is 0.0804. The molecule has 0 radical (unpaired) electrons. The van der Waals surface area contributed by atoms with Crippen LogP contribution in [0, 0.1) is 20.8 Å². The number of carbonyl (C=O) groups is 1.